The number of benzene rings is 2. The maximum absolute atomic E-state index is 5.97. The Bertz CT molecular complexity index is 925. The summed E-state index contributed by atoms with van der Waals surface area (Å²) < 4.78 is 11.2. The van der Waals surface area contributed by atoms with Gasteiger partial charge in [0.25, 0.3) is 0 Å². The molecule has 1 aliphatic heterocycles. The minimum absolute atomic E-state index is 0. The van der Waals surface area contributed by atoms with Gasteiger partial charge in [-0.3, -0.25) is 0 Å². The Morgan fingerprint density at radius 2 is 1.62 bits per heavy atom. The Hall–Kier alpha value is -2.50. The van der Waals surface area contributed by atoms with Crippen molar-refractivity contribution in [3.63, 3.8) is 0 Å². The van der Waals surface area contributed by atoms with Gasteiger partial charge < -0.3 is 19.3 Å². The van der Waals surface area contributed by atoms with Crippen LogP contribution in [-0.4, -0.2) is 49.7 Å². The van der Waals surface area contributed by atoms with Crippen molar-refractivity contribution >= 4 is 29.0 Å². The van der Waals surface area contributed by atoms with Crippen molar-refractivity contribution in [1.82, 2.24) is 9.88 Å². The molecule has 0 bridgehead atoms. The molecule has 0 amide bonds. The molecule has 5 nitrogen and oxygen atoms in total. The molecule has 154 valence electrons. The molecule has 1 fully saturated rings. The minimum Gasteiger partial charge on any atom is -0.497 e. The first-order valence-electron chi connectivity index (χ1n) is 9.89. The largest absolute Gasteiger partial charge is 0.497 e. The van der Waals surface area contributed by atoms with E-state index in [1.807, 2.05) is 24.3 Å². The summed E-state index contributed by atoms with van der Waals surface area (Å²) in [6.45, 7) is 7.96. The van der Waals surface area contributed by atoms with Gasteiger partial charge in [0.2, 0.25) is 0 Å². The lowest BCUT2D eigenvalue weighted by molar-refractivity contribution is 0.270. The molecule has 0 radical (unpaired) electrons. The Labute approximate surface area is 178 Å². The lowest BCUT2D eigenvalue weighted by Gasteiger charge is -2.35. The van der Waals surface area contributed by atoms with E-state index < -0.39 is 0 Å². The number of likely N-dealkylation sites (N-methyl/N-ethyl adjacent to an activating group) is 1. The highest BCUT2D eigenvalue weighted by molar-refractivity contribution is 5.92. The van der Waals surface area contributed by atoms with Gasteiger partial charge in [0.15, 0.2) is 0 Å². The van der Waals surface area contributed by atoms with E-state index in [0.29, 0.717) is 6.61 Å². The van der Waals surface area contributed by atoms with Gasteiger partial charge in [0, 0.05) is 31.6 Å². The second-order valence-electron chi connectivity index (χ2n) is 7.04. The van der Waals surface area contributed by atoms with Gasteiger partial charge in [-0.05, 0) is 42.3 Å². The van der Waals surface area contributed by atoms with Crippen molar-refractivity contribution in [1.29, 1.82) is 0 Å². The van der Waals surface area contributed by atoms with Crippen LogP contribution in [0.25, 0.3) is 10.8 Å². The Kier molecular flexibility index (Phi) is 7.18. The number of anilines is 1. The number of rotatable bonds is 6. The third-order valence-corrected chi connectivity index (χ3v) is 5.34. The van der Waals surface area contributed by atoms with E-state index in [9.17, 15) is 0 Å². The molecule has 1 aliphatic rings. The molecule has 2 heterocycles. The fraction of sp³-hybridized carbons (Fsp3) is 0.348. The topological polar surface area (TPSA) is 37.8 Å². The summed E-state index contributed by atoms with van der Waals surface area (Å²) in [5.74, 6) is 2.71. The van der Waals surface area contributed by atoms with Gasteiger partial charge in [0.05, 0.1) is 12.8 Å². The summed E-state index contributed by atoms with van der Waals surface area (Å²) in [5.41, 5.74) is 0.947. The van der Waals surface area contributed by atoms with Gasteiger partial charge in [-0.25, -0.2) is 4.98 Å². The molecular formula is C23H28ClN3O2. The predicted octanol–water partition coefficient (Wildman–Crippen LogP) is 4.39. The molecule has 0 spiro atoms. The van der Waals surface area contributed by atoms with Crippen LogP contribution >= 0.6 is 12.4 Å². The van der Waals surface area contributed by atoms with Crippen molar-refractivity contribution in [2.75, 3.05) is 44.7 Å². The van der Waals surface area contributed by atoms with Crippen molar-refractivity contribution in [3.8, 4) is 11.5 Å². The number of methoxy groups -OCH3 is 1. The second kappa shape index (κ2) is 9.81. The predicted molar refractivity (Wildman–Crippen MR) is 121 cm³/mol. The van der Waals surface area contributed by atoms with E-state index in [2.05, 4.69) is 47.1 Å². The third-order valence-electron chi connectivity index (χ3n) is 5.34. The van der Waals surface area contributed by atoms with Crippen LogP contribution in [-0.2, 0) is 6.61 Å². The summed E-state index contributed by atoms with van der Waals surface area (Å²) in [6, 6.07) is 18.3. The zero-order chi connectivity index (χ0) is 19.3. The Morgan fingerprint density at radius 3 is 2.31 bits per heavy atom. The van der Waals surface area contributed by atoms with Crippen LogP contribution in [0.2, 0.25) is 0 Å². The third kappa shape index (κ3) is 4.92. The highest BCUT2D eigenvalue weighted by Gasteiger charge is 2.19. The normalized spacial score (nSPS) is 14.5. The van der Waals surface area contributed by atoms with Crippen molar-refractivity contribution < 1.29 is 9.47 Å². The maximum Gasteiger partial charge on any atom is 0.136 e. The molecule has 1 saturated heterocycles. The number of halogens is 1. The zero-order valence-corrected chi connectivity index (χ0v) is 17.8. The molecular weight excluding hydrogens is 386 g/mol. The van der Waals surface area contributed by atoms with E-state index in [0.717, 1.165) is 55.7 Å². The molecule has 29 heavy (non-hydrogen) atoms. The van der Waals surface area contributed by atoms with E-state index in [-0.39, 0.29) is 12.4 Å². The van der Waals surface area contributed by atoms with E-state index in [1.165, 1.54) is 10.8 Å². The number of hydrogen-bond acceptors (Lipinski definition) is 5. The number of piperazine rings is 1. The molecule has 1 aromatic heterocycles. The Morgan fingerprint density at radius 1 is 0.931 bits per heavy atom. The highest BCUT2D eigenvalue weighted by Crippen LogP contribution is 2.27. The van der Waals surface area contributed by atoms with Crippen molar-refractivity contribution in [2.24, 2.45) is 0 Å². The van der Waals surface area contributed by atoms with Crippen LogP contribution in [0.15, 0.2) is 54.6 Å². The van der Waals surface area contributed by atoms with Crippen LogP contribution < -0.4 is 14.4 Å². The lowest BCUT2D eigenvalue weighted by atomic mass is 10.1. The van der Waals surface area contributed by atoms with Gasteiger partial charge in [-0.2, -0.15) is 0 Å². The first kappa shape index (κ1) is 21.2. The maximum atomic E-state index is 5.97. The van der Waals surface area contributed by atoms with Crippen molar-refractivity contribution in [2.45, 2.75) is 13.5 Å². The summed E-state index contributed by atoms with van der Waals surface area (Å²) in [6.07, 6.45) is 0. The fourth-order valence-electron chi connectivity index (χ4n) is 3.65. The van der Waals surface area contributed by atoms with Crippen LogP contribution in [0.1, 0.15) is 12.6 Å². The minimum atomic E-state index is 0. The number of nitrogens with zero attached hydrogens (tertiary/aromatic N) is 3. The first-order valence-corrected chi connectivity index (χ1v) is 9.89. The molecule has 2 aromatic carbocycles. The average Bonchev–Trinajstić information content (AvgIpc) is 2.77. The summed E-state index contributed by atoms with van der Waals surface area (Å²) >= 11 is 0. The highest BCUT2D eigenvalue weighted by atomic mass is 35.5. The number of fused-ring (bicyclic) bond motifs is 1. The van der Waals surface area contributed by atoms with Crippen LogP contribution in [0, 0.1) is 0 Å². The molecule has 4 rings (SSSR count). The molecule has 3 aromatic rings. The summed E-state index contributed by atoms with van der Waals surface area (Å²) in [7, 11) is 1.66. The van der Waals surface area contributed by atoms with Gasteiger partial charge in [-0.1, -0.05) is 31.2 Å². The summed E-state index contributed by atoms with van der Waals surface area (Å²) in [5, 5.41) is 2.42. The smallest absolute Gasteiger partial charge is 0.136 e. The van der Waals surface area contributed by atoms with Crippen molar-refractivity contribution in [3.05, 3.63) is 60.3 Å². The lowest BCUT2D eigenvalue weighted by Crippen LogP contribution is -2.46. The molecule has 6 heteroatoms. The van der Waals surface area contributed by atoms with Gasteiger partial charge in [-0.15, -0.1) is 12.4 Å². The molecule has 0 N–H and O–H groups in total. The SMILES string of the molecule is CCN1CCN(c2nc(COc3ccc(OC)cc3)cc3ccccc23)CC1.Cl. The monoisotopic (exact) mass is 413 g/mol. The van der Waals surface area contributed by atoms with Crippen LogP contribution in [0.5, 0.6) is 11.5 Å². The standard InChI is InChI=1S/C23H27N3O2.ClH/c1-3-25-12-14-26(15-13-25)23-22-7-5-4-6-18(22)16-19(24-23)17-28-21-10-8-20(27-2)9-11-21;/h4-11,16H,3,12-15,17H2,1-2H3;1H. The Balaban J connectivity index is 0.00000240. The van der Waals surface area contributed by atoms with E-state index in [1.54, 1.807) is 7.11 Å². The van der Waals surface area contributed by atoms with Gasteiger partial charge in [0.1, 0.15) is 23.9 Å². The van der Waals surface area contributed by atoms with E-state index >= 15 is 0 Å². The molecule has 0 saturated carbocycles. The second-order valence-corrected chi connectivity index (χ2v) is 7.04. The molecule has 0 atom stereocenters. The van der Waals surface area contributed by atoms with Crippen LogP contribution in [0.3, 0.4) is 0 Å². The van der Waals surface area contributed by atoms with Crippen LogP contribution in [0.4, 0.5) is 5.82 Å². The van der Waals surface area contributed by atoms with Gasteiger partial charge >= 0.3 is 0 Å². The summed E-state index contributed by atoms with van der Waals surface area (Å²) in [4.78, 5) is 9.87. The fourth-order valence-corrected chi connectivity index (χ4v) is 3.65. The number of aromatic nitrogens is 1. The molecule has 0 unspecified atom stereocenters. The molecule has 0 aliphatic carbocycles. The van der Waals surface area contributed by atoms with E-state index in [4.69, 9.17) is 14.5 Å². The quantitative estimate of drug-likeness (QED) is 0.599. The average molecular weight is 414 g/mol. The number of pyridine rings is 1. The zero-order valence-electron chi connectivity index (χ0n) is 17.0. The first-order chi connectivity index (χ1) is 13.8. The number of ether oxygens (including phenoxy) is 2. The number of hydrogen-bond donors (Lipinski definition) is 0.